The van der Waals surface area contributed by atoms with Crippen molar-refractivity contribution < 1.29 is 14.3 Å². The highest BCUT2D eigenvalue weighted by Crippen LogP contribution is 2.31. The maximum absolute atomic E-state index is 12.2. The Bertz CT molecular complexity index is 990. The number of benzene rings is 2. The molecular weight excluding hydrogens is 366 g/mol. The lowest BCUT2D eigenvalue weighted by atomic mass is 10.2. The van der Waals surface area contributed by atoms with Crippen molar-refractivity contribution in [2.75, 3.05) is 18.6 Å². The fourth-order valence-corrected chi connectivity index (χ4v) is 3.20. The molecule has 0 amide bonds. The zero-order valence-corrected chi connectivity index (χ0v) is 17.4. The molecule has 0 N–H and O–H groups in total. The van der Waals surface area contributed by atoms with Gasteiger partial charge in [-0.15, -0.1) is 0 Å². The van der Waals surface area contributed by atoms with Crippen LogP contribution in [0.5, 0.6) is 5.75 Å². The van der Waals surface area contributed by atoms with Crippen molar-refractivity contribution in [1.82, 2.24) is 9.97 Å². The van der Waals surface area contributed by atoms with Gasteiger partial charge in [0.05, 0.1) is 12.1 Å². The molecule has 1 atom stereocenters. The number of carbonyl (C=O) groups is 1. The summed E-state index contributed by atoms with van der Waals surface area (Å²) in [5, 5.41) is 0.974. The van der Waals surface area contributed by atoms with Crippen LogP contribution in [-0.2, 0) is 9.53 Å². The second-order valence-electron chi connectivity index (χ2n) is 6.82. The Labute approximate surface area is 171 Å². The lowest BCUT2D eigenvalue weighted by Crippen LogP contribution is -2.29. The van der Waals surface area contributed by atoms with Crippen LogP contribution in [0.25, 0.3) is 10.9 Å². The summed E-state index contributed by atoms with van der Waals surface area (Å²) in [6.45, 7) is 6.04. The van der Waals surface area contributed by atoms with E-state index in [4.69, 9.17) is 9.47 Å². The Morgan fingerprint density at radius 2 is 1.90 bits per heavy atom. The van der Waals surface area contributed by atoms with E-state index in [1.54, 1.807) is 6.92 Å². The Hall–Kier alpha value is -3.15. The molecule has 0 aliphatic rings. The van der Waals surface area contributed by atoms with Gasteiger partial charge < -0.3 is 14.4 Å². The monoisotopic (exact) mass is 393 g/mol. The van der Waals surface area contributed by atoms with E-state index in [0.717, 1.165) is 28.8 Å². The molecule has 0 aliphatic carbocycles. The third kappa shape index (κ3) is 4.83. The SMILES string of the molecule is CCCC(Oc1cccc(N(C)c2nc(C)nc3ccccc23)c1)C(=O)OCC. The maximum atomic E-state index is 12.2. The average Bonchev–Trinajstić information content (AvgIpc) is 2.72. The Balaban J connectivity index is 1.90. The average molecular weight is 393 g/mol. The molecule has 2 aromatic carbocycles. The number of ether oxygens (including phenoxy) is 2. The summed E-state index contributed by atoms with van der Waals surface area (Å²) in [4.78, 5) is 23.4. The van der Waals surface area contributed by atoms with Gasteiger partial charge in [-0.25, -0.2) is 14.8 Å². The predicted molar refractivity (Wildman–Crippen MR) is 115 cm³/mol. The number of para-hydroxylation sites is 1. The number of rotatable bonds is 8. The minimum atomic E-state index is -0.609. The Morgan fingerprint density at radius 3 is 2.66 bits per heavy atom. The molecule has 1 aromatic heterocycles. The largest absolute Gasteiger partial charge is 0.479 e. The molecule has 0 saturated heterocycles. The predicted octanol–water partition coefficient (Wildman–Crippen LogP) is 4.82. The van der Waals surface area contributed by atoms with Gasteiger partial charge in [0.1, 0.15) is 17.4 Å². The van der Waals surface area contributed by atoms with Crippen molar-refractivity contribution in [3.05, 3.63) is 54.4 Å². The quantitative estimate of drug-likeness (QED) is 0.512. The van der Waals surface area contributed by atoms with Gasteiger partial charge in [-0.05, 0) is 44.5 Å². The number of nitrogens with zero attached hydrogens (tertiary/aromatic N) is 3. The van der Waals surface area contributed by atoms with Gasteiger partial charge in [0.15, 0.2) is 6.10 Å². The summed E-state index contributed by atoms with van der Waals surface area (Å²) in [5.74, 6) is 1.82. The first kappa shape index (κ1) is 20.6. The number of esters is 1. The molecule has 152 valence electrons. The van der Waals surface area contributed by atoms with Crippen LogP contribution in [-0.4, -0.2) is 35.7 Å². The smallest absolute Gasteiger partial charge is 0.347 e. The van der Waals surface area contributed by atoms with Crippen LogP contribution in [0.3, 0.4) is 0 Å². The number of anilines is 2. The lowest BCUT2D eigenvalue weighted by molar-refractivity contribution is -0.151. The fraction of sp³-hybridized carbons (Fsp3) is 0.348. The van der Waals surface area contributed by atoms with E-state index in [2.05, 4.69) is 9.97 Å². The third-order valence-electron chi connectivity index (χ3n) is 4.60. The minimum Gasteiger partial charge on any atom is -0.479 e. The lowest BCUT2D eigenvalue weighted by Gasteiger charge is -2.22. The highest BCUT2D eigenvalue weighted by atomic mass is 16.6. The van der Waals surface area contributed by atoms with Crippen LogP contribution in [0.2, 0.25) is 0 Å². The third-order valence-corrected chi connectivity index (χ3v) is 4.60. The molecule has 6 heteroatoms. The van der Waals surface area contributed by atoms with E-state index in [1.807, 2.05) is 74.3 Å². The van der Waals surface area contributed by atoms with E-state index in [-0.39, 0.29) is 5.97 Å². The van der Waals surface area contributed by atoms with Gasteiger partial charge in [0, 0.05) is 24.2 Å². The normalized spacial score (nSPS) is 11.9. The molecule has 29 heavy (non-hydrogen) atoms. The van der Waals surface area contributed by atoms with Gasteiger partial charge in [0.25, 0.3) is 0 Å². The number of fused-ring (bicyclic) bond motifs is 1. The standard InChI is InChI=1S/C23H27N3O3/c1-5-10-21(23(27)28-6-2)29-18-12-9-11-17(15-18)26(4)22-19-13-7-8-14-20(19)24-16(3)25-22/h7-9,11-15,21H,5-6,10H2,1-4H3. The number of aromatic nitrogens is 2. The van der Waals surface area contributed by atoms with Crippen molar-refractivity contribution in [3.63, 3.8) is 0 Å². The maximum Gasteiger partial charge on any atom is 0.347 e. The van der Waals surface area contributed by atoms with Gasteiger partial charge in [-0.1, -0.05) is 31.5 Å². The molecule has 6 nitrogen and oxygen atoms in total. The van der Waals surface area contributed by atoms with Crippen molar-refractivity contribution in [1.29, 1.82) is 0 Å². The molecule has 0 spiro atoms. The van der Waals surface area contributed by atoms with E-state index in [0.29, 0.717) is 24.6 Å². The topological polar surface area (TPSA) is 64.5 Å². The number of hydrogen-bond donors (Lipinski definition) is 0. The molecule has 0 fully saturated rings. The van der Waals surface area contributed by atoms with Crippen LogP contribution < -0.4 is 9.64 Å². The van der Waals surface area contributed by atoms with E-state index >= 15 is 0 Å². The number of hydrogen-bond acceptors (Lipinski definition) is 6. The summed E-state index contributed by atoms with van der Waals surface area (Å²) in [6, 6.07) is 15.6. The van der Waals surface area contributed by atoms with Crippen LogP contribution >= 0.6 is 0 Å². The van der Waals surface area contributed by atoms with Gasteiger partial charge >= 0.3 is 5.97 Å². The van der Waals surface area contributed by atoms with Crippen molar-refractivity contribution in [3.8, 4) is 5.75 Å². The minimum absolute atomic E-state index is 0.328. The summed E-state index contributed by atoms with van der Waals surface area (Å²) in [6.07, 6.45) is 0.826. The van der Waals surface area contributed by atoms with E-state index < -0.39 is 6.10 Å². The highest BCUT2D eigenvalue weighted by Gasteiger charge is 2.21. The van der Waals surface area contributed by atoms with Gasteiger partial charge in [-0.2, -0.15) is 0 Å². The van der Waals surface area contributed by atoms with E-state index in [1.165, 1.54) is 0 Å². The second-order valence-corrected chi connectivity index (χ2v) is 6.82. The summed E-state index contributed by atoms with van der Waals surface area (Å²) < 4.78 is 11.1. The molecule has 3 aromatic rings. The first-order valence-corrected chi connectivity index (χ1v) is 9.94. The van der Waals surface area contributed by atoms with Crippen LogP contribution in [0.15, 0.2) is 48.5 Å². The van der Waals surface area contributed by atoms with Crippen LogP contribution in [0.4, 0.5) is 11.5 Å². The Kier molecular flexibility index (Phi) is 6.65. The zero-order valence-electron chi connectivity index (χ0n) is 17.4. The first-order chi connectivity index (χ1) is 14.0. The summed E-state index contributed by atoms with van der Waals surface area (Å²) >= 11 is 0. The van der Waals surface area contributed by atoms with Gasteiger partial charge in [0.2, 0.25) is 0 Å². The van der Waals surface area contributed by atoms with E-state index in [9.17, 15) is 4.79 Å². The van der Waals surface area contributed by atoms with Crippen molar-refractivity contribution in [2.45, 2.75) is 39.7 Å². The number of carbonyl (C=O) groups excluding carboxylic acids is 1. The second kappa shape index (κ2) is 9.37. The molecule has 0 radical (unpaired) electrons. The van der Waals surface area contributed by atoms with Crippen LogP contribution in [0.1, 0.15) is 32.5 Å². The van der Waals surface area contributed by atoms with Crippen molar-refractivity contribution >= 4 is 28.4 Å². The van der Waals surface area contributed by atoms with Gasteiger partial charge in [-0.3, -0.25) is 0 Å². The molecule has 0 aliphatic heterocycles. The molecule has 0 bridgehead atoms. The highest BCUT2D eigenvalue weighted by molar-refractivity contribution is 5.91. The molecule has 1 unspecified atom stereocenters. The Morgan fingerprint density at radius 1 is 1.10 bits per heavy atom. The molecule has 3 rings (SSSR count). The summed E-state index contributed by atoms with van der Waals surface area (Å²) in [5.41, 5.74) is 1.81. The van der Waals surface area contributed by atoms with Crippen LogP contribution in [0, 0.1) is 6.92 Å². The summed E-state index contributed by atoms with van der Waals surface area (Å²) in [7, 11) is 1.96. The molecule has 1 heterocycles. The first-order valence-electron chi connectivity index (χ1n) is 9.94. The zero-order chi connectivity index (χ0) is 20.8. The van der Waals surface area contributed by atoms with Crippen molar-refractivity contribution in [2.24, 2.45) is 0 Å². The number of aryl methyl sites for hydroxylation is 1. The molecule has 0 saturated carbocycles. The fourth-order valence-electron chi connectivity index (χ4n) is 3.20. The molecular formula is C23H27N3O3.